The summed E-state index contributed by atoms with van der Waals surface area (Å²) in [6, 6.07) is 1.90. The Hall–Kier alpha value is -1.36. The maximum absolute atomic E-state index is 4.99. The van der Waals surface area contributed by atoms with E-state index in [4.69, 9.17) is 4.74 Å². The fraction of sp³-hybridized carbons (Fsp3) is 0.692. The largest absolute Gasteiger partial charge is 0.385 e. The van der Waals surface area contributed by atoms with Crippen LogP contribution in [0.4, 0.5) is 11.8 Å². The summed E-state index contributed by atoms with van der Waals surface area (Å²) in [5, 5.41) is 6.48. The van der Waals surface area contributed by atoms with Crippen LogP contribution in [-0.2, 0) is 4.74 Å². The molecular weight excluding hydrogens is 228 g/mol. The molecule has 5 heteroatoms. The minimum absolute atomic E-state index is 0.673. The Morgan fingerprint density at radius 2 is 2.00 bits per heavy atom. The predicted molar refractivity (Wildman–Crippen MR) is 75.0 cm³/mol. The molecule has 0 unspecified atom stereocenters. The second-order valence-corrected chi connectivity index (χ2v) is 4.17. The number of methoxy groups -OCH3 is 1. The third-order valence-corrected chi connectivity index (χ3v) is 2.55. The molecule has 1 heterocycles. The van der Waals surface area contributed by atoms with Crippen molar-refractivity contribution in [2.45, 2.75) is 32.6 Å². The van der Waals surface area contributed by atoms with E-state index in [2.05, 4.69) is 27.5 Å². The summed E-state index contributed by atoms with van der Waals surface area (Å²) in [4.78, 5) is 8.57. The van der Waals surface area contributed by atoms with Gasteiger partial charge in [0.05, 0.1) is 0 Å². The smallest absolute Gasteiger partial charge is 0.224 e. The molecule has 0 saturated carbocycles. The van der Waals surface area contributed by atoms with Crippen molar-refractivity contribution in [3.8, 4) is 0 Å². The SMILES string of the molecule is CCCCCNc1ccnc(NCCCOC)n1. The topological polar surface area (TPSA) is 59.1 Å². The number of hydrogen-bond donors (Lipinski definition) is 2. The monoisotopic (exact) mass is 252 g/mol. The van der Waals surface area contributed by atoms with Crippen LogP contribution in [0.3, 0.4) is 0 Å². The van der Waals surface area contributed by atoms with E-state index >= 15 is 0 Å². The molecule has 0 spiro atoms. The third-order valence-electron chi connectivity index (χ3n) is 2.55. The quantitative estimate of drug-likeness (QED) is 0.627. The maximum atomic E-state index is 4.99. The maximum Gasteiger partial charge on any atom is 0.224 e. The van der Waals surface area contributed by atoms with Gasteiger partial charge in [0, 0.05) is 33.0 Å². The van der Waals surface area contributed by atoms with Crippen LogP contribution in [0.25, 0.3) is 0 Å². The molecule has 2 N–H and O–H groups in total. The lowest BCUT2D eigenvalue weighted by atomic mass is 10.2. The highest BCUT2D eigenvalue weighted by molar-refractivity contribution is 5.39. The van der Waals surface area contributed by atoms with Gasteiger partial charge in [0.2, 0.25) is 5.95 Å². The molecule has 5 nitrogen and oxygen atoms in total. The zero-order chi connectivity index (χ0) is 13.1. The Morgan fingerprint density at radius 3 is 2.78 bits per heavy atom. The number of unbranched alkanes of at least 4 members (excludes halogenated alkanes) is 2. The van der Waals surface area contributed by atoms with Crippen LogP contribution >= 0.6 is 0 Å². The lowest BCUT2D eigenvalue weighted by molar-refractivity contribution is 0.197. The van der Waals surface area contributed by atoms with E-state index in [0.29, 0.717) is 5.95 Å². The Labute approximate surface area is 109 Å². The van der Waals surface area contributed by atoms with Crippen molar-refractivity contribution >= 4 is 11.8 Å². The fourth-order valence-electron chi connectivity index (χ4n) is 1.55. The second kappa shape index (κ2) is 9.65. The first-order valence-electron chi connectivity index (χ1n) is 6.66. The molecule has 0 aliphatic rings. The molecule has 18 heavy (non-hydrogen) atoms. The molecule has 102 valence electrons. The van der Waals surface area contributed by atoms with Crippen molar-refractivity contribution in [1.82, 2.24) is 9.97 Å². The van der Waals surface area contributed by atoms with Gasteiger partial charge in [-0.2, -0.15) is 4.98 Å². The highest BCUT2D eigenvalue weighted by Crippen LogP contribution is 2.06. The van der Waals surface area contributed by atoms with Gasteiger partial charge in [-0.05, 0) is 18.9 Å². The molecule has 0 fully saturated rings. The van der Waals surface area contributed by atoms with Crippen LogP contribution in [-0.4, -0.2) is 36.8 Å². The number of ether oxygens (including phenoxy) is 1. The minimum atomic E-state index is 0.673. The predicted octanol–water partition coefficient (Wildman–Crippen LogP) is 2.53. The summed E-state index contributed by atoms with van der Waals surface area (Å²) >= 11 is 0. The van der Waals surface area contributed by atoms with E-state index in [1.807, 2.05) is 6.07 Å². The average Bonchev–Trinajstić information content (AvgIpc) is 2.40. The van der Waals surface area contributed by atoms with Crippen LogP contribution < -0.4 is 10.6 Å². The van der Waals surface area contributed by atoms with Crippen LogP contribution in [0.5, 0.6) is 0 Å². The highest BCUT2D eigenvalue weighted by Gasteiger charge is 1.98. The van der Waals surface area contributed by atoms with E-state index in [1.165, 1.54) is 19.3 Å². The number of aromatic nitrogens is 2. The molecule has 1 rings (SSSR count). The summed E-state index contributed by atoms with van der Waals surface area (Å²) in [6.07, 6.45) is 6.39. The van der Waals surface area contributed by atoms with Gasteiger partial charge in [-0.3, -0.25) is 0 Å². The fourth-order valence-corrected chi connectivity index (χ4v) is 1.55. The molecule has 0 aromatic carbocycles. The zero-order valence-electron chi connectivity index (χ0n) is 11.4. The molecule has 1 aromatic rings. The Morgan fingerprint density at radius 1 is 1.17 bits per heavy atom. The molecule has 0 amide bonds. The van der Waals surface area contributed by atoms with E-state index in [0.717, 1.165) is 31.9 Å². The van der Waals surface area contributed by atoms with Crippen molar-refractivity contribution in [2.75, 3.05) is 37.4 Å². The standard InChI is InChI=1S/C13H24N4O/c1-3-4-5-8-14-12-7-10-16-13(17-12)15-9-6-11-18-2/h7,10H,3-6,8-9,11H2,1-2H3,(H2,14,15,16,17). The summed E-state index contributed by atoms with van der Waals surface area (Å²) in [7, 11) is 1.71. The minimum Gasteiger partial charge on any atom is -0.385 e. The summed E-state index contributed by atoms with van der Waals surface area (Å²) in [5.74, 6) is 1.56. The van der Waals surface area contributed by atoms with Crippen molar-refractivity contribution in [1.29, 1.82) is 0 Å². The highest BCUT2D eigenvalue weighted by atomic mass is 16.5. The van der Waals surface area contributed by atoms with E-state index in [1.54, 1.807) is 13.3 Å². The summed E-state index contributed by atoms with van der Waals surface area (Å²) in [6.45, 7) is 4.75. The molecule has 0 bridgehead atoms. The normalized spacial score (nSPS) is 10.3. The number of nitrogens with zero attached hydrogens (tertiary/aromatic N) is 2. The van der Waals surface area contributed by atoms with Gasteiger partial charge in [-0.25, -0.2) is 4.98 Å². The van der Waals surface area contributed by atoms with Gasteiger partial charge in [0.1, 0.15) is 5.82 Å². The molecule has 0 saturated heterocycles. The lowest BCUT2D eigenvalue weighted by Crippen LogP contribution is -2.09. The molecule has 0 radical (unpaired) electrons. The van der Waals surface area contributed by atoms with Gasteiger partial charge in [0.15, 0.2) is 0 Å². The van der Waals surface area contributed by atoms with Crippen molar-refractivity contribution in [3.63, 3.8) is 0 Å². The Kier molecular flexibility index (Phi) is 7.88. The first kappa shape index (κ1) is 14.7. The van der Waals surface area contributed by atoms with Gasteiger partial charge < -0.3 is 15.4 Å². The van der Waals surface area contributed by atoms with Crippen LogP contribution in [0.1, 0.15) is 32.6 Å². The van der Waals surface area contributed by atoms with Gasteiger partial charge in [0.25, 0.3) is 0 Å². The second-order valence-electron chi connectivity index (χ2n) is 4.17. The summed E-state index contributed by atoms with van der Waals surface area (Å²) < 4.78 is 4.99. The van der Waals surface area contributed by atoms with E-state index in [9.17, 15) is 0 Å². The van der Waals surface area contributed by atoms with Gasteiger partial charge >= 0.3 is 0 Å². The molecule has 0 aliphatic heterocycles. The number of nitrogens with one attached hydrogen (secondary N) is 2. The van der Waals surface area contributed by atoms with Gasteiger partial charge in [-0.15, -0.1) is 0 Å². The summed E-state index contributed by atoms with van der Waals surface area (Å²) in [5.41, 5.74) is 0. The number of rotatable bonds is 10. The molecule has 1 aromatic heterocycles. The van der Waals surface area contributed by atoms with Crippen molar-refractivity contribution in [2.24, 2.45) is 0 Å². The van der Waals surface area contributed by atoms with Crippen LogP contribution in [0, 0.1) is 0 Å². The molecule has 0 atom stereocenters. The number of hydrogen-bond acceptors (Lipinski definition) is 5. The van der Waals surface area contributed by atoms with Crippen molar-refractivity contribution < 1.29 is 4.74 Å². The Bertz CT molecular complexity index is 292. The third kappa shape index (κ3) is 6.39. The lowest BCUT2D eigenvalue weighted by Gasteiger charge is -2.07. The van der Waals surface area contributed by atoms with Crippen molar-refractivity contribution in [3.05, 3.63) is 12.3 Å². The zero-order valence-corrected chi connectivity index (χ0v) is 11.4. The first-order valence-corrected chi connectivity index (χ1v) is 6.66. The van der Waals surface area contributed by atoms with E-state index < -0.39 is 0 Å². The van der Waals surface area contributed by atoms with Gasteiger partial charge in [-0.1, -0.05) is 19.8 Å². The number of anilines is 2. The van der Waals surface area contributed by atoms with Crippen LogP contribution in [0.15, 0.2) is 12.3 Å². The average molecular weight is 252 g/mol. The van der Waals surface area contributed by atoms with Crippen LogP contribution in [0.2, 0.25) is 0 Å². The first-order chi connectivity index (χ1) is 8.86. The Balaban J connectivity index is 2.27. The molecule has 0 aliphatic carbocycles. The van der Waals surface area contributed by atoms with E-state index in [-0.39, 0.29) is 0 Å². The molecular formula is C13H24N4O.